The van der Waals surface area contributed by atoms with Crippen molar-refractivity contribution in [3.63, 3.8) is 0 Å². The monoisotopic (exact) mass is 293 g/mol. The predicted octanol–water partition coefficient (Wildman–Crippen LogP) is 1.74. The third-order valence-electron chi connectivity index (χ3n) is 3.32. The summed E-state index contributed by atoms with van der Waals surface area (Å²) in [6.45, 7) is 10.1. The molecule has 0 atom stereocenters. The van der Waals surface area contributed by atoms with Gasteiger partial charge in [-0.15, -0.1) is 0 Å². The summed E-state index contributed by atoms with van der Waals surface area (Å²) in [6, 6.07) is 0. The van der Waals surface area contributed by atoms with E-state index in [1.807, 2.05) is 25.7 Å². The Hall–Kier alpha value is -1.85. The molecule has 0 unspecified atom stereocenters. The summed E-state index contributed by atoms with van der Waals surface area (Å²) in [6.07, 6.45) is 1.81. The van der Waals surface area contributed by atoms with Crippen LogP contribution in [0, 0.1) is 6.92 Å². The summed E-state index contributed by atoms with van der Waals surface area (Å²) in [5, 5.41) is 6.00. The predicted molar refractivity (Wildman–Crippen MR) is 86.9 cm³/mol. The van der Waals surface area contributed by atoms with Crippen LogP contribution >= 0.6 is 0 Å². The van der Waals surface area contributed by atoms with Crippen molar-refractivity contribution in [2.75, 3.05) is 36.9 Å². The third kappa shape index (κ3) is 4.58. The Morgan fingerprint density at radius 2 is 1.95 bits per heavy atom. The number of amides is 1. The average molecular weight is 293 g/mol. The molecule has 1 aromatic heterocycles. The van der Waals surface area contributed by atoms with Crippen LogP contribution in [0.3, 0.4) is 0 Å². The van der Waals surface area contributed by atoms with Crippen LogP contribution in [0.2, 0.25) is 0 Å². The van der Waals surface area contributed by atoms with E-state index in [1.165, 1.54) is 0 Å². The van der Waals surface area contributed by atoms with Gasteiger partial charge in [0.15, 0.2) is 0 Å². The van der Waals surface area contributed by atoms with Gasteiger partial charge in [-0.1, -0.05) is 13.8 Å². The number of carbonyl (C=O) groups excluding carboxylic acids is 1. The number of rotatable bonds is 8. The Kier molecular flexibility index (Phi) is 6.91. The molecule has 0 aromatic carbocycles. The van der Waals surface area contributed by atoms with Crippen LogP contribution in [-0.2, 0) is 11.2 Å². The second-order valence-corrected chi connectivity index (χ2v) is 4.90. The van der Waals surface area contributed by atoms with Gasteiger partial charge in [-0.05, 0) is 20.3 Å². The lowest BCUT2D eigenvalue weighted by atomic mass is 10.2. The number of aryl methyl sites for hydroxylation is 1. The minimum atomic E-state index is -0.0176. The number of nitrogens with zero attached hydrogens (tertiary/aromatic N) is 3. The molecule has 2 N–H and O–H groups in total. The molecule has 0 aliphatic heterocycles. The van der Waals surface area contributed by atoms with E-state index in [4.69, 9.17) is 0 Å². The van der Waals surface area contributed by atoms with Gasteiger partial charge in [-0.25, -0.2) is 9.97 Å². The number of aromatic nitrogens is 2. The number of hydrogen-bond acceptors (Lipinski definition) is 5. The minimum absolute atomic E-state index is 0.0176. The first-order valence-electron chi connectivity index (χ1n) is 7.64. The molecular weight excluding hydrogens is 266 g/mol. The first kappa shape index (κ1) is 17.2. The standard InChI is InChI=1S/C15H27N5O/c1-6-9-17-14-11(4)15(19-12(7-2)18-14)20(8-3)10-13(21)16-5/h6-10H2,1-5H3,(H,16,21)(H,17,18,19). The summed E-state index contributed by atoms with van der Waals surface area (Å²) in [7, 11) is 1.65. The minimum Gasteiger partial charge on any atom is -0.370 e. The van der Waals surface area contributed by atoms with E-state index in [0.29, 0.717) is 6.54 Å². The first-order chi connectivity index (χ1) is 10.1. The lowest BCUT2D eigenvalue weighted by Crippen LogP contribution is -2.36. The number of hydrogen-bond donors (Lipinski definition) is 2. The maximum atomic E-state index is 11.7. The van der Waals surface area contributed by atoms with Crippen molar-refractivity contribution in [2.24, 2.45) is 0 Å². The van der Waals surface area contributed by atoms with Gasteiger partial charge in [0, 0.05) is 32.1 Å². The van der Waals surface area contributed by atoms with Crippen molar-refractivity contribution in [2.45, 2.75) is 40.5 Å². The van der Waals surface area contributed by atoms with Crippen LogP contribution in [-0.4, -0.2) is 42.6 Å². The summed E-state index contributed by atoms with van der Waals surface area (Å²) in [5.74, 6) is 2.49. The van der Waals surface area contributed by atoms with E-state index in [0.717, 1.165) is 49.0 Å². The maximum absolute atomic E-state index is 11.7. The molecule has 1 heterocycles. The van der Waals surface area contributed by atoms with E-state index < -0.39 is 0 Å². The molecule has 0 saturated heterocycles. The molecule has 0 bridgehead atoms. The fraction of sp³-hybridized carbons (Fsp3) is 0.667. The van der Waals surface area contributed by atoms with Crippen molar-refractivity contribution in [3.8, 4) is 0 Å². The molecule has 1 amide bonds. The van der Waals surface area contributed by atoms with Crippen molar-refractivity contribution in [1.29, 1.82) is 0 Å². The molecule has 0 fully saturated rings. The Morgan fingerprint density at radius 3 is 2.48 bits per heavy atom. The summed E-state index contributed by atoms with van der Waals surface area (Å²) >= 11 is 0. The van der Waals surface area contributed by atoms with E-state index >= 15 is 0 Å². The fourth-order valence-electron chi connectivity index (χ4n) is 2.02. The number of nitrogens with one attached hydrogen (secondary N) is 2. The van der Waals surface area contributed by atoms with Crippen LogP contribution in [0.4, 0.5) is 11.6 Å². The average Bonchev–Trinajstić information content (AvgIpc) is 2.51. The summed E-state index contributed by atoms with van der Waals surface area (Å²) < 4.78 is 0. The van der Waals surface area contributed by atoms with Crippen LogP contribution < -0.4 is 15.5 Å². The molecule has 0 radical (unpaired) electrons. The highest BCUT2D eigenvalue weighted by Gasteiger charge is 2.17. The molecule has 6 nitrogen and oxygen atoms in total. The normalized spacial score (nSPS) is 10.3. The molecule has 1 aromatic rings. The molecule has 21 heavy (non-hydrogen) atoms. The molecule has 118 valence electrons. The highest BCUT2D eigenvalue weighted by molar-refractivity contribution is 5.81. The molecule has 0 aliphatic carbocycles. The zero-order valence-electron chi connectivity index (χ0n) is 13.8. The molecule has 0 aliphatic rings. The van der Waals surface area contributed by atoms with E-state index in [-0.39, 0.29) is 5.91 Å². The molecule has 6 heteroatoms. The molecular formula is C15H27N5O. The molecule has 0 saturated carbocycles. The maximum Gasteiger partial charge on any atom is 0.239 e. The van der Waals surface area contributed by atoms with Crippen LogP contribution in [0.1, 0.15) is 38.6 Å². The first-order valence-corrected chi connectivity index (χ1v) is 7.64. The van der Waals surface area contributed by atoms with Gasteiger partial charge >= 0.3 is 0 Å². The van der Waals surface area contributed by atoms with Crippen molar-refractivity contribution in [1.82, 2.24) is 15.3 Å². The van der Waals surface area contributed by atoms with Crippen LogP contribution in [0.25, 0.3) is 0 Å². The topological polar surface area (TPSA) is 70.2 Å². The van der Waals surface area contributed by atoms with Crippen molar-refractivity contribution < 1.29 is 4.79 Å². The smallest absolute Gasteiger partial charge is 0.239 e. The zero-order valence-corrected chi connectivity index (χ0v) is 13.8. The van der Waals surface area contributed by atoms with Crippen LogP contribution in [0.5, 0.6) is 0 Å². The van der Waals surface area contributed by atoms with Gasteiger partial charge in [0.2, 0.25) is 5.91 Å². The Morgan fingerprint density at radius 1 is 1.24 bits per heavy atom. The van der Waals surface area contributed by atoms with Gasteiger partial charge in [-0.2, -0.15) is 0 Å². The largest absolute Gasteiger partial charge is 0.370 e. The quantitative estimate of drug-likeness (QED) is 0.764. The van der Waals surface area contributed by atoms with Gasteiger partial charge in [-0.3, -0.25) is 4.79 Å². The molecule has 1 rings (SSSR count). The lowest BCUT2D eigenvalue weighted by Gasteiger charge is -2.24. The zero-order chi connectivity index (χ0) is 15.8. The number of anilines is 2. The Labute approximate surface area is 127 Å². The Bertz CT molecular complexity index is 475. The second-order valence-electron chi connectivity index (χ2n) is 4.90. The van der Waals surface area contributed by atoms with Gasteiger partial charge in [0.05, 0.1) is 6.54 Å². The number of likely N-dealkylation sites (N-methyl/N-ethyl adjacent to an activating group) is 2. The van der Waals surface area contributed by atoms with E-state index in [2.05, 4.69) is 27.5 Å². The van der Waals surface area contributed by atoms with Gasteiger partial charge in [0.25, 0.3) is 0 Å². The SMILES string of the molecule is CCCNc1nc(CC)nc(N(CC)CC(=O)NC)c1C. The van der Waals surface area contributed by atoms with Crippen molar-refractivity contribution >= 4 is 17.5 Å². The highest BCUT2D eigenvalue weighted by Crippen LogP contribution is 2.23. The van der Waals surface area contributed by atoms with Gasteiger partial charge < -0.3 is 15.5 Å². The third-order valence-corrected chi connectivity index (χ3v) is 3.32. The lowest BCUT2D eigenvalue weighted by molar-refractivity contribution is -0.119. The van der Waals surface area contributed by atoms with Crippen molar-refractivity contribution in [3.05, 3.63) is 11.4 Å². The summed E-state index contributed by atoms with van der Waals surface area (Å²) in [5.41, 5.74) is 0.992. The van der Waals surface area contributed by atoms with Crippen LogP contribution in [0.15, 0.2) is 0 Å². The molecule has 0 spiro atoms. The van der Waals surface area contributed by atoms with Gasteiger partial charge in [0.1, 0.15) is 17.5 Å². The fourth-order valence-corrected chi connectivity index (χ4v) is 2.02. The number of carbonyl (C=O) groups is 1. The highest BCUT2D eigenvalue weighted by atomic mass is 16.1. The van der Waals surface area contributed by atoms with E-state index in [9.17, 15) is 4.79 Å². The summed E-state index contributed by atoms with van der Waals surface area (Å²) in [4.78, 5) is 22.8. The van der Waals surface area contributed by atoms with E-state index in [1.54, 1.807) is 7.05 Å². The Balaban J connectivity index is 3.15. The second kappa shape index (κ2) is 8.44.